The summed E-state index contributed by atoms with van der Waals surface area (Å²) in [4.78, 5) is 0. The third kappa shape index (κ3) is 2.76. The Kier molecular flexibility index (Phi) is 4.11. The molecule has 0 saturated heterocycles. The number of rotatable bonds is 3. The first kappa shape index (κ1) is 13.9. The maximum absolute atomic E-state index is 12.8. The minimum atomic E-state index is -3.67. The highest BCUT2D eigenvalue weighted by Gasteiger charge is 2.44. The van der Waals surface area contributed by atoms with E-state index < -0.39 is 19.0 Å². The third-order valence-electron chi connectivity index (χ3n) is 2.28. The molecule has 0 aliphatic carbocycles. The molecule has 1 heterocycles. The molecule has 0 spiro atoms. The summed E-state index contributed by atoms with van der Waals surface area (Å²) in [6, 6.07) is 3.69. The minimum absolute atomic E-state index is 0. The van der Waals surface area contributed by atoms with Gasteiger partial charge < -0.3 is 15.2 Å². The van der Waals surface area contributed by atoms with Crippen LogP contribution in [-0.4, -0.2) is 13.0 Å². The number of nitrogens with two attached hydrogens (primary N) is 1. The van der Waals surface area contributed by atoms with Crippen LogP contribution in [0.2, 0.25) is 0 Å². The second kappa shape index (κ2) is 5.01. The van der Waals surface area contributed by atoms with Crippen LogP contribution in [0.5, 0.6) is 11.5 Å². The van der Waals surface area contributed by atoms with Crippen LogP contribution in [-0.2, 0) is 0 Å². The van der Waals surface area contributed by atoms with Crippen molar-refractivity contribution >= 4 is 12.4 Å². The Morgan fingerprint density at radius 3 is 2.65 bits per heavy atom. The summed E-state index contributed by atoms with van der Waals surface area (Å²) in [5.41, 5.74) is 5.97. The fourth-order valence-corrected chi connectivity index (χ4v) is 1.56. The molecule has 0 saturated carbocycles. The summed E-state index contributed by atoms with van der Waals surface area (Å²) in [7, 11) is 0. The number of halogens is 4. The number of alkyl halides is 3. The molecule has 0 unspecified atom stereocenters. The lowest BCUT2D eigenvalue weighted by Gasteiger charge is -2.12. The fourth-order valence-electron chi connectivity index (χ4n) is 1.56. The van der Waals surface area contributed by atoms with Crippen molar-refractivity contribution in [2.45, 2.75) is 18.8 Å². The van der Waals surface area contributed by atoms with Crippen LogP contribution in [0.15, 0.2) is 18.2 Å². The van der Waals surface area contributed by atoms with E-state index in [4.69, 9.17) is 5.73 Å². The molecule has 0 aromatic heterocycles. The van der Waals surface area contributed by atoms with Gasteiger partial charge in [-0.1, -0.05) is 12.1 Å². The maximum Gasteiger partial charge on any atom is 0.586 e. The lowest BCUT2D eigenvalue weighted by atomic mass is 10.0. The van der Waals surface area contributed by atoms with E-state index in [9.17, 15) is 13.2 Å². The highest BCUT2D eigenvalue weighted by Crippen LogP contribution is 2.45. The van der Waals surface area contributed by atoms with E-state index >= 15 is 0 Å². The number of hydrogen-bond acceptors (Lipinski definition) is 3. The summed E-state index contributed by atoms with van der Waals surface area (Å²) in [6.45, 7) is -0.623. The van der Waals surface area contributed by atoms with E-state index in [2.05, 4.69) is 9.47 Å². The number of para-hydroxylation sites is 1. The molecule has 0 bridgehead atoms. The number of fused-ring (bicyclic) bond motifs is 1. The molecule has 1 aromatic rings. The molecule has 2 rings (SSSR count). The van der Waals surface area contributed by atoms with Gasteiger partial charge in [-0.2, -0.15) is 0 Å². The topological polar surface area (TPSA) is 44.5 Å². The monoisotopic (exact) mass is 269 g/mol. The average molecular weight is 270 g/mol. The number of hydrogen-bond donors (Lipinski definition) is 1. The Hall–Kier alpha value is -1.14. The molecule has 1 aromatic carbocycles. The van der Waals surface area contributed by atoms with E-state index in [-0.39, 0.29) is 30.3 Å². The zero-order valence-electron chi connectivity index (χ0n) is 8.66. The molecule has 3 nitrogen and oxygen atoms in total. The van der Waals surface area contributed by atoms with Crippen LogP contribution >= 0.6 is 12.4 Å². The zero-order valence-corrected chi connectivity index (χ0v) is 9.48. The first-order valence-electron chi connectivity index (χ1n) is 4.74. The van der Waals surface area contributed by atoms with E-state index in [0.717, 1.165) is 0 Å². The molecule has 0 fully saturated rings. The predicted molar refractivity (Wildman–Crippen MR) is 57.4 cm³/mol. The molecular weight excluding hydrogens is 259 g/mol. The second-order valence-corrected chi connectivity index (χ2v) is 3.43. The van der Waals surface area contributed by atoms with Crippen LogP contribution in [0.4, 0.5) is 13.2 Å². The molecule has 96 valence electrons. The van der Waals surface area contributed by atoms with Gasteiger partial charge in [0.2, 0.25) is 0 Å². The van der Waals surface area contributed by atoms with E-state index in [0.29, 0.717) is 5.56 Å². The Bertz CT molecular complexity index is 403. The third-order valence-corrected chi connectivity index (χ3v) is 2.28. The van der Waals surface area contributed by atoms with Crippen molar-refractivity contribution in [2.75, 3.05) is 6.67 Å². The van der Waals surface area contributed by atoms with Gasteiger partial charge in [0, 0.05) is 11.6 Å². The lowest BCUT2D eigenvalue weighted by molar-refractivity contribution is -0.287. The van der Waals surface area contributed by atoms with Gasteiger partial charge >= 0.3 is 6.29 Å². The second-order valence-electron chi connectivity index (χ2n) is 3.43. The van der Waals surface area contributed by atoms with Gasteiger partial charge in [0.05, 0.1) is 6.67 Å². The molecule has 1 atom stereocenters. The molecule has 1 aliphatic rings. The Labute approximate surface area is 102 Å². The van der Waals surface area contributed by atoms with E-state index in [1.165, 1.54) is 18.2 Å². The molecule has 0 radical (unpaired) electrons. The van der Waals surface area contributed by atoms with E-state index in [1.807, 2.05) is 0 Å². The normalized spacial score (nSPS) is 17.4. The summed E-state index contributed by atoms with van der Waals surface area (Å²) in [5.74, 6) is -0.176. The van der Waals surface area contributed by atoms with Gasteiger partial charge in [-0.05, 0) is 12.5 Å². The summed E-state index contributed by atoms with van der Waals surface area (Å²) in [5, 5.41) is 0. The zero-order chi connectivity index (χ0) is 11.8. The van der Waals surface area contributed by atoms with Gasteiger partial charge in [0.1, 0.15) is 0 Å². The Morgan fingerprint density at radius 2 is 2.00 bits per heavy atom. The molecule has 7 heteroatoms. The first-order valence-corrected chi connectivity index (χ1v) is 4.74. The van der Waals surface area contributed by atoms with Crippen LogP contribution in [0.1, 0.15) is 18.0 Å². The van der Waals surface area contributed by atoms with Crippen molar-refractivity contribution in [3.63, 3.8) is 0 Å². The van der Waals surface area contributed by atoms with Crippen LogP contribution in [0, 0.1) is 0 Å². The molecule has 17 heavy (non-hydrogen) atoms. The van der Waals surface area contributed by atoms with Gasteiger partial charge in [-0.15, -0.1) is 21.2 Å². The largest absolute Gasteiger partial charge is 0.586 e. The van der Waals surface area contributed by atoms with Crippen molar-refractivity contribution in [2.24, 2.45) is 5.73 Å². The molecule has 1 aliphatic heterocycles. The van der Waals surface area contributed by atoms with Gasteiger partial charge in [-0.25, -0.2) is 0 Å². The fraction of sp³-hybridized carbons (Fsp3) is 0.400. The maximum atomic E-state index is 12.8. The molecule has 0 amide bonds. The van der Waals surface area contributed by atoms with Gasteiger partial charge in [0.15, 0.2) is 11.5 Å². The standard InChI is InChI=1S/C10H10F3NO2.ClH/c11-5-4-7(14)6-2-1-3-8-9(6)16-10(12,13)15-8;/h1-3,7H,4-5,14H2;1H/t7-;/m0./s1. The molecular formula is C10H11ClF3NO2. The Morgan fingerprint density at radius 1 is 1.29 bits per heavy atom. The summed E-state index contributed by atoms with van der Waals surface area (Å²) < 4.78 is 46.3. The predicted octanol–water partition coefficient (Wildman–Crippen LogP) is 2.79. The average Bonchev–Trinajstić information content (AvgIpc) is 2.51. The van der Waals surface area contributed by atoms with Crippen molar-refractivity contribution in [1.82, 2.24) is 0 Å². The minimum Gasteiger partial charge on any atom is -0.395 e. The first-order chi connectivity index (χ1) is 7.53. The summed E-state index contributed by atoms with van der Waals surface area (Å²) in [6.07, 6.45) is -3.63. The number of benzene rings is 1. The highest BCUT2D eigenvalue weighted by molar-refractivity contribution is 5.85. The van der Waals surface area contributed by atoms with Crippen LogP contribution in [0.25, 0.3) is 0 Å². The SMILES string of the molecule is Cl.N[C@@H](CCF)c1cccc2c1OC(F)(F)O2. The number of ether oxygens (including phenoxy) is 2. The molecule has 2 N–H and O–H groups in total. The summed E-state index contributed by atoms with van der Waals surface area (Å²) >= 11 is 0. The van der Waals surface area contributed by atoms with Gasteiger partial charge in [0.25, 0.3) is 0 Å². The Balaban J connectivity index is 0.00000144. The van der Waals surface area contributed by atoms with Crippen molar-refractivity contribution in [3.05, 3.63) is 23.8 Å². The van der Waals surface area contributed by atoms with Crippen molar-refractivity contribution in [1.29, 1.82) is 0 Å². The smallest absolute Gasteiger partial charge is 0.395 e. The van der Waals surface area contributed by atoms with Crippen molar-refractivity contribution in [3.8, 4) is 11.5 Å². The lowest BCUT2D eigenvalue weighted by Crippen LogP contribution is -2.26. The van der Waals surface area contributed by atoms with Crippen LogP contribution in [0.3, 0.4) is 0 Å². The van der Waals surface area contributed by atoms with Crippen LogP contribution < -0.4 is 15.2 Å². The van der Waals surface area contributed by atoms with Crippen molar-refractivity contribution < 1.29 is 22.6 Å². The van der Waals surface area contributed by atoms with E-state index in [1.54, 1.807) is 0 Å². The quantitative estimate of drug-likeness (QED) is 0.918. The highest BCUT2D eigenvalue weighted by atomic mass is 35.5. The van der Waals surface area contributed by atoms with Gasteiger partial charge in [-0.3, -0.25) is 4.39 Å².